The maximum Gasteiger partial charge on any atom is 0.306 e. The summed E-state index contributed by atoms with van der Waals surface area (Å²) in [4.78, 5) is 20.7. The molecule has 5 nitrogen and oxygen atoms in total. The normalized spacial score (nSPS) is 14.4. The van der Waals surface area contributed by atoms with Gasteiger partial charge in [-0.15, -0.1) is 0 Å². The molecule has 0 bridgehead atoms. The molecule has 0 fully saturated rings. The van der Waals surface area contributed by atoms with Crippen LogP contribution >= 0.6 is 0 Å². The highest BCUT2D eigenvalue weighted by molar-refractivity contribution is 5.69. The van der Waals surface area contributed by atoms with Gasteiger partial charge in [0.1, 0.15) is 0 Å². The lowest BCUT2D eigenvalue weighted by Crippen LogP contribution is -2.12. The molecular weight excluding hydrogens is 212 g/mol. The van der Waals surface area contributed by atoms with Crippen molar-refractivity contribution in [3.63, 3.8) is 0 Å². The number of aliphatic hydroxyl groups excluding tert-OH is 1. The number of carboxylic acids is 2. The second kappa shape index (κ2) is 8.10. The molecule has 0 amide bonds. The molecule has 0 rings (SSSR count). The van der Waals surface area contributed by atoms with Gasteiger partial charge >= 0.3 is 11.9 Å². The van der Waals surface area contributed by atoms with Crippen molar-refractivity contribution >= 4 is 11.9 Å². The van der Waals surface area contributed by atoms with E-state index in [2.05, 4.69) is 0 Å². The number of hydrogen-bond donors (Lipinski definition) is 3. The summed E-state index contributed by atoms with van der Waals surface area (Å²) in [7, 11) is 0. The molecule has 2 atom stereocenters. The zero-order valence-electron chi connectivity index (χ0n) is 9.56. The van der Waals surface area contributed by atoms with Crippen LogP contribution in [0.2, 0.25) is 0 Å². The van der Waals surface area contributed by atoms with Gasteiger partial charge in [-0.1, -0.05) is 26.2 Å². The molecule has 0 aromatic carbocycles. The van der Waals surface area contributed by atoms with E-state index in [0.29, 0.717) is 12.8 Å². The smallest absolute Gasteiger partial charge is 0.306 e. The second-order valence-corrected chi connectivity index (χ2v) is 4.13. The summed E-state index contributed by atoms with van der Waals surface area (Å²) >= 11 is 0. The Bertz CT molecular complexity index is 226. The lowest BCUT2D eigenvalue weighted by atomic mass is 10.0. The van der Waals surface area contributed by atoms with E-state index in [1.807, 2.05) is 0 Å². The van der Waals surface area contributed by atoms with Crippen LogP contribution in [0.3, 0.4) is 0 Å². The molecule has 0 aromatic rings. The van der Waals surface area contributed by atoms with Crippen molar-refractivity contribution in [3.05, 3.63) is 0 Å². The number of rotatable bonds is 9. The molecule has 0 radical (unpaired) electrons. The molecule has 0 saturated carbocycles. The van der Waals surface area contributed by atoms with Crippen molar-refractivity contribution in [3.8, 4) is 0 Å². The summed E-state index contributed by atoms with van der Waals surface area (Å²) in [5, 5.41) is 26.3. The molecule has 2 unspecified atom stereocenters. The molecule has 0 spiro atoms. The average molecular weight is 232 g/mol. The standard InChI is InChI=1S/C11H20O5/c1-8(11(15)16)5-3-2-4-6-9(12)7-10(13)14/h8-9,12H,2-7H2,1H3,(H,13,14)(H,15,16). The van der Waals surface area contributed by atoms with Crippen molar-refractivity contribution in [1.29, 1.82) is 0 Å². The zero-order chi connectivity index (χ0) is 12.6. The van der Waals surface area contributed by atoms with Crippen molar-refractivity contribution in [1.82, 2.24) is 0 Å². The highest BCUT2D eigenvalue weighted by atomic mass is 16.4. The van der Waals surface area contributed by atoms with Crippen molar-refractivity contribution in [2.45, 2.75) is 51.6 Å². The first-order valence-corrected chi connectivity index (χ1v) is 5.56. The van der Waals surface area contributed by atoms with Crippen LogP contribution in [0.1, 0.15) is 45.4 Å². The lowest BCUT2D eigenvalue weighted by Gasteiger charge is -2.08. The molecule has 0 aliphatic carbocycles. The Labute approximate surface area is 95.1 Å². The van der Waals surface area contributed by atoms with E-state index >= 15 is 0 Å². The van der Waals surface area contributed by atoms with Crippen LogP contribution in [0.15, 0.2) is 0 Å². The molecule has 0 heterocycles. The van der Waals surface area contributed by atoms with Crippen LogP contribution in [-0.2, 0) is 9.59 Å². The third-order valence-corrected chi connectivity index (χ3v) is 2.51. The molecule has 0 aliphatic rings. The maximum atomic E-state index is 10.5. The largest absolute Gasteiger partial charge is 0.481 e. The van der Waals surface area contributed by atoms with Crippen LogP contribution in [0.25, 0.3) is 0 Å². The topological polar surface area (TPSA) is 94.8 Å². The quantitative estimate of drug-likeness (QED) is 0.523. The molecular formula is C11H20O5. The van der Waals surface area contributed by atoms with Crippen LogP contribution in [-0.4, -0.2) is 33.4 Å². The van der Waals surface area contributed by atoms with E-state index in [4.69, 9.17) is 10.2 Å². The molecule has 94 valence electrons. The van der Waals surface area contributed by atoms with E-state index in [1.165, 1.54) is 0 Å². The summed E-state index contributed by atoms with van der Waals surface area (Å²) in [6.07, 6.45) is 2.46. The SMILES string of the molecule is CC(CCCCCC(O)CC(=O)O)C(=O)O. The molecule has 5 heteroatoms. The number of unbranched alkanes of at least 4 members (excludes halogenated alkanes) is 2. The van der Waals surface area contributed by atoms with Gasteiger partial charge < -0.3 is 15.3 Å². The summed E-state index contributed by atoms with van der Waals surface area (Å²) in [6.45, 7) is 1.67. The van der Waals surface area contributed by atoms with E-state index in [9.17, 15) is 14.7 Å². The highest BCUT2D eigenvalue weighted by Gasteiger charge is 2.11. The van der Waals surface area contributed by atoms with Crippen LogP contribution in [0.5, 0.6) is 0 Å². The minimum Gasteiger partial charge on any atom is -0.481 e. The predicted molar refractivity (Wildman–Crippen MR) is 58.1 cm³/mol. The fourth-order valence-electron chi connectivity index (χ4n) is 1.43. The fraction of sp³-hybridized carbons (Fsp3) is 0.818. The maximum absolute atomic E-state index is 10.5. The minimum atomic E-state index is -0.994. The first kappa shape index (κ1) is 14.9. The summed E-state index contributed by atoms with van der Waals surface area (Å²) in [5.41, 5.74) is 0. The minimum absolute atomic E-state index is 0.217. The van der Waals surface area contributed by atoms with Gasteiger partial charge in [0.2, 0.25) is 0 Å². The monoisotopic (exact) mass is 232 g/mol. The van der Waals surface area contributed by atoms with Gasteiger partial charge in [-0.3, -0.25) is 9.59 Å². The molecule has 0 aliphatic heterocycles. The van der Waals surface area contributed by atoms with E-state index < -0.39 is 18.0 Å². The van der Waals surface area contributed by atoms with Gasteiger partial charge in [0.15, 0.2) is 0 Å². The Hall–Kier alpha value is -1.10. The van der Waals surface area contributed by atoms with Crippen molar-refractivity contribution < 1.29 is 24.9 Å². The van der Waals surface area contributed by atoms with Gasteiger partial charge in [0.05, 0.1) is 18.4 Å². The number of carbonyl (C=O) groups is 2. The van der Waals surface area contributed by atoms with Gasteiger partial charge in [-0.05, 0) is 12.8 Å². The summed E-state index contributed by atoms with van der Waals surface area (Å²) in [5.74, 6) is -2.11. The van der Waals surface area contributed by atoms with Crippen LogP contribution in [0.4, 0.5) is 0 Å². The van der Waals surface area contributed by atoms with E-state index in [0.717, 1.165) is 19.3 Å². The van der Waals surface area contributed by atoms with Crippen LogP contribution < -0.4 is 0 Å². The number of aliphatic carboxylic acids is 2. The first-order chi connectivity index (χ1) is 7.43. The third kappa shape index (κ3) is 8.23. The third-order valence-electron chi connectivity index (χ3n) is 2.51. The Morgan fingerprint density at radius 3 is 2.12 bits per heavy atom. The predicted octanol–water partition coefficient (Wildman–Crippen LogP) is 1.49. The number of hydrogen-bond acceptors (Lipinski definition) is 3. The molecule has 0 aromatic heterocycles. The number of carboxylic acid groups (broad SMARTS) is 2. The molecule has 0 saturated heterocycles. The lowest BCUT2D eigenvalue weighted by molar-refractivity contribution is -0.141. The Kier molecular flexibility index (Phi) is 7.54. The fourth-order valence-corrected chi connectivity index (χ4v) is 1.43. The van der Waals surface area contributed by atoms with Gasteiger partial charge in [0.25, 0.3) is 0 Å². The highest BCUT2D eigenvalue weighted by Crippen LogP contribution is 2.12. The average Bonchev–Trinajstić information content (AvgIpc) is 2.15. The van der Waals surface area contributed by atoms with Gasteiger partial charge in [-0.2, -0.15) is 0 Å². The Balaban J connectivity index is 3.39. The number of aliphatic hydroxyl groups is 1. The Morgan fingerprint density at radius 2 is 1.62 bits per heavy atom. The molecule has 3 N–H and O–H groups in total. The van der Waals surface area contributed by atoms with Crippen molar-refractivity contribution in [2.24, 2.45) is 5.92 Å². The van der Waals surface area contributed by atoms with E-state index in [1.54, 1.807) is 6.92 Å². The van der Waals surface area contributed by atoms with Crippen LogP contribution in [0, 0.1) is 5.92 Å². The summed E-state index contributed by atoms with van der Waals surface area (Å²) < 4.78 is 0. The second-order valence-electron chi connectivity index (χ2n) is 4.13. The van der Waals surface area contributed by atoms with Crippen molar-refractivity contribution in [2.75, 3.05) is 0 Å². The Morgan fingerprint density at radius 1 is 1.06 bits per heavy atom. The first-order valence-electron chi connectivity index (χ1n) is 5.56. The zero-order valence-corrected chi connectivity index (χ0v) is 9.56. The van der Waals surface area contributed by atoms with E-state index in [-0.39, 0.29) is 12.3 Å². The molecule has 16 heavy (non-hydrogen) atoms. The van der Waals surface area contributed by atoms with Gasteiger partial charge in [0, 0.05) is 0 Å². The van der Waals surface area contributed by atoms with Gasteiger partial charge in [-0.25, -0.2) is 0 Å². The summed E-state index contributed by atoms with van der Waals surface area (Å²) in [6, 6.07) is 0.